The second kappa shape index (κ2) is 8.37. The number of hydrogen-bond acceptors (Lipinski definition) is 6. The molecule has 0 aliphatic heterocycles. The number of likely N-dealkylation sites (N-methyl/N-ethyl adjacent to an activating group) is 1. The fraction of sp³-hybridized carbons (Fsp3) is 0.391. The van der Waals surface area contributed by atoms with Crippen LogP contribution in [0.15, 0.2) is 48.7 Å². The van der Waals surface area contributed by atoms with Crippen molar-refractivity contribution in [2.75, 3.05) is 18.5 Å². The molecule has 1 spiro atoms. The maximum absolute atomic E-state index is 12.7. The highest BCUT2D eigenvalue weighted by atomic mass is 16.5. The highest BCUT2D eigenvalue weighted by Gasteiger charge is 2.56. The standard InChI is InChI=1S/C23H26N4O4/c1-26(16-6-3-2-4-7-16)14-20(29)27(15-28)17-10-23(11-17)12-18(13-23)31-22-19(21(24)30)8-5-9-25-22/h2-9,15,17-18H,10-14H2,1H3,(H2,24,30). The Kier molecular flexibility index (Phi) is 5.63. The van der Waals surface area contributed by atoms with Gasteiger partial charge in [0, 0.05) is 25.0 Å². The van der Waals surface area contributed by atoms with E-state index >= 15 is 0 Å². The summed E-state index contributed by atoms with van der Waals surface area (Å²) in [5, 5.41) is 0. The molecule has 0 radical (unpaired) electrons. The molecular formula is C23H26N4O4. The van der Waals surface area contributed by atoms with E-state index in [1.165, 1.54) is 4.90 Å². The molecular weight excluding hydrogens is 396 g/mol. The summed E-state index contributed by atoms with van der Waals surface area (Å²) in [7, 11) is 1.84. The van der Waals surface area contributed by atoms with Crippen LogP contribution in [0.25, 0.3) is 0 Å². The van der Waals surface area contributed by atoms with Gasteiger partial charge in [0.05, 0.1) is 6.54 Å². The lowest BCUT2D eigenvalue weighted by Gasteiger charge is -2.58. The van der Waals surface area contributed by atoms with E-state index in [4.69, 9.17) is 10.5 Å². The molecule has 1 aromatic heterocycles. The Morgan fingerprint density at radius 2 is 1.87 bits per heavy atom. The Labute approximate surface area is 181 Å². The number of rotatable bonds is 8. The predicted octanol–water partition coefficient (Wildman–Crippen LogP) is 1.99. The number of ether oxygens (including phenoxy) is 1. The van der Waals surface area contributed by atoms with Crippen LogP contribution in [0.3, 0.4) is 0 Å². The first kappa shape index (κ1) is 20.8. The molecule has 2 aromatic rings. The molecule has 8 nitrogen and oxygen atoms in total. The average Bonchev–Trinajstić information content (AvgIpc) is 2.71. The molecule has 3 amide bonds. The Bertz CT molecular complexity index is 967. The Morgan fingerprint density at radius 3 is 2.52 bits per heavy atom. The van der Waals surface area contributed by atoms with Gasteiger partial charge in [-0.25, -0.2) is 4.98 Å². The zero-order valence-electron chi connectivity index (χ0n) is 17.4. The van der Waals surface area contributed by atoms with Crippen LogP contribution in [-0.4, -0.2) is 53.8 Å². The van der Waals surface area contributed by atoms with Gasteiger partial charge in [-0.1, -0.05) is 18.2 Å². The summed E-state index contributed by atoms with van der Waals surface area (Å²) in [6.07, 6.45) is 5.34. The third kappa shape index (κ3) is 4.23. The highest BCUT2D eigenvalue weighted by molar-refractivity contribution is 5.95. The van der Waals surface area contributed by atoms with Crippen molar-refractivity contribution in [2.24, 2.45) is 11.1 Å². The number of amides is 3. The molecule has 2 aliphatic carbocycles. The highest BCUT2D eigenvalue weighted by Crippen LogP contribution is 2.58. The van der Waals surface area contributed by atoms with Crippen LogP contribution in [0.5, 0.6) is 5.88 Å². The van der Waals surface area contributed by atoms with Gasteiger partial charge in [-0.15, -0.1) is 0 Å². The first-order chi connectivity index (χ1) is 14.9. The SMILES string of the molecule is CN(CC(=O)N(C=O)C1CC2(CC(Oc3ncccc3C(N)=O)C2)C1)c1ccccc1. The zero-order valence-corrected chi connectivity index (χ0v) is 17.4. The normalized spacial score (nSPS) is 23.9. The van der Waals surface area contributed by atoms with Gasteiger partial charge in [0.25, 0.3) is 5.91 Å². The molecule has 0 saturated heterocycles. The van der Waals surface area contributed by atoms with Crippen molar-refractivity contribution in [3.05, 3.63) is 54.2 Å². The average molecular weight is 422 g/mol. The molecule has 0 bridgehead atoms. The Morgan fingerprint density at radius 1 is 1.16 bits per heavy atom. The molecule has 162 valence electrons. The van der Waals surface area contributed by atoms with E-state index < -0.39 is 5.91 Å². The number of pyridine rings is 1. The van der Waals surface area contributed by atoms with E-state index in [0.29, 0.717) is 6.41 Å². The van der Waals surface area contributed by atoms with Crippen LogP contribution in [0.2, 0.25) is 0 Å². The first-order valence-corrected chi connectivity index (χ1v) is 10.3. The number of imide groups is 1. The summed E-state index contributed by atoms with van der Waals surface area (Å²) >= 11 is 0. The number of hydrogen-bond donors (Lipinski definition) is 1. The van der Waals surface area contributed by atoms with Gasteiger partial charge in [-0.05, 0) is 55.4 Å². The molecule has 1 heterocycles. The van der Waals surface area contributed by atoms with Crippen molar-refractivity contribution in [1.29, 1.82) is 0 Å². The van der Waals surface area contributed by atoms with Crippen LogP contribution in [0, 0.1) is 5.41 Å². The van der Waals surface area contributed by atoms with Crippen molar-refractivity contribution < 1.29 is 19.1 Å². The molecule has 0 unspecified atom stereocenters. The fourth-order valence-corrected chi connectivity index (χ4v) is 4.70. The van der Waals surface area contributed by atoms with Crippen molar-refractivity contribution in [3.8, 4) is 5.88 Å². The topological polar surface area (TPSA) is 106 Å². The molecule has 2 saturated carbocycles. The molecule has 2 aliphatic rings. The summed E-state index contributed by atoms with van der Waals surface area (Å²) in [4.78, 5) is 43.1. The van der Waals surface area contributed by atoms with E-state index in [-0.39, 0.29) is 41.5 Å². The van der Waals surface area contributed by atoms with Crippen LogP contribution in [0.4, 0.5) is 5.69 Å². The summed E-state index contributed by atoms with van der Waals surface area (Å²) in [5.41, 5.74) is 6.66. The largest absolute Gasteiger partial charge is 0.474 e. The monoisotopic (exact) mass is 422 g/mol. The second-order valence-corrected chi connectivity index (χ2v) is 8.53. The maximum Gasteiger partial charge on any atom is 0.254 e. The molecule has 8 heteroatoms. The summed E-state index contributed by atoms with van der Waals surface area (Å²) in [5.74, 6) is -0.506. The predicted molar refractivity (Wildman–Crippen MR) is 114 cm³/mol. The van der Waals surface area contributed by atoms with Gasteiger partial charge < -0.3 is 15.4 Å². The number of para-hydroxylation sites is 1. The number of carbonyl (C=O) groups is 3. The van der Waals surface area contributed by atoms with Crippen molar-refractivity contribution in [2.45, 2.75) is 37.8 Å². The van der Waals surface area contributed by atoms with Gasteiger partial charge in [0.15, 0.2) is 0 Å². The van der Waals surface area contributed by atoms with E-state index in [0.717, 1.165) is 31.4 Å². The van der Waals surface area contributed by atoms with Gasteiger partial charge in [0.2, 0.25) is 18.2 Å². The van der Waals surface area contributed by atoms with E-state index in [1.54, 1.807) is 18.3 Å². The van der Waals surface area contributed by atoms with E-state index in [1.807, 2.05) is 42.3 Å². The quantitative estimate of drug-likeness (QED) is 0.652. The smallest absolute Gasteiger partial charge is 0.254 e. The van der Waals surface area contributed by atoms with Gasteiger partial charge in [-0.3, -0.25) is 19.3 Å². The second-order valence-electron chi connectivity index (χ2n) is 8.53. The minimum Gasteiger partial charge on any atom is -0.474 e. The number of carbonyl (C=O) groups excluding carboxylic acids is 3. The molecule has 2 fully saturated rings. The van der Waals surface area contributed by atoms with Crippen molar-refractivity contribution >= 4 is 23.9 Å². The third-order valence-corrected chi connectivity index (χ3v) is 6.34. The lowest BCUT2D eigenvalue weighted by Crippen LogP contribution is -2.60. The number of aromatic nitrogens is 1. The molecule has 2 N–H and O–H groups in total. The van der Waals surface area contributed by atoms with Crippen molar-refractivity contribution in [1.82, 2.24) is 9.88 Å². The van der Waals surface area contributed by atoms with Gasteiger partial charge in [0.1, 0.15) is 11.7 Å². The molecule has 1 aromatic carbocycles. The summed E-state index contributed by atoms with van der Waals surface area (Å²) < 4.78 is 5.88. The summed E-state index contributed by atoms with van der Waals surface area (Å²) in [6.45, 7) is 0.146. The minimum absolute atomic E-state index is 0.0430. The lowest BCUT2D eigenvalue weighted by atomic mass is 9.52. The van der Waals surface area contributed by atoms with Crippen LogP contribution in [-0.2, 0) is 9.59 Å². The summed E-state index contributed by atoms with van der Waals surface area (Å²) in [6, 6.07) is 12.8. The zero-order chi connectivity index (χ0) is 22.0. The maximum atomic E-state index is 12.7. The number of nitrogens with zero attached hydrogens (tertiary/aromatic N) is 3. The van der Waals surface area contributed by atoms with Crippen LogP contribution < -0.4 is 15.4 Å². The van der Waals surface area contributed by atoms with Gasteiger partial charge >= 0.3 is 0 Å². The fourth-order valence-electron chi connectivity index (χ4n) is 4.70. The lowest BCUT2D eigenvalue weighted by molar-refractivity contribution is -0.154. The Balaban J connectivity index is 1.28. The van der Waals surface area contributed by atoms with E-state index in [2.05, 4.69) is 4.98 Å². The number of anilines is 1. The molecule has 31 heavy (non-hydrogen) atoms. The number of primary amides is 1. The van der Waals surface area contributed by atoms with Crippen molar-refractivity contribution in [3.63, 3.8) is 0 Å². The molecule has 0 atom stereocenters. The number of benzene rings is 1. The van der Waals surface area contributed by atoms with E-state index in [9.17, 15) is 14.4 Å². The van der Waals surface area contributed by atoms with Crippen LogP contribution in [0.1, 0.15) is 36.0 Å². The van der Waals surface area contributed by atoms with Crippen LogP contribution >= 0.6 is 0 Å². The Hall–Kier alpha value is -3.42. The molecule has 4 rings (SSSR count). The number of nitrogens with two attached hydrogens (primary N) is 1. The first-order valence-electron chi connectivity index (χ1n) is 10.3. The van der Waals surface area contributed by atoms with Gasteiger partial charge in [-0.2, -0.15) is 0 Å². The minimum atomic E-state index is -0.568. The third-order valence-electron chi connectivity index (χ3n) is 6.34.